The third kappa shape index (κ3) is 27.1. The maximum Gasteiger partial charge on any atom is 0.212 e. The zero-order chi connectivity index (χ0) is 28.3. The second kappa shape index (κ2) is 30.0. The fourth-order valence-corrected chi connectivity index (χ4v) is 1.45. The van der Waals surface area contributed by atoms with E-state index in [4.69, 9.17) is 15.6 Å². The molecule has 0 aromatic heterocycles. The van der Waals surface area contributed by atoms with Gasteiger partial charge in [0, 0.05) is 28.5 Å². The Hall–Kier alpha value is -2.95. The van der Waals surface area contributed by atoms with Crippen LogP contribution < -0.4 is 0 Å². The molecule has 34 heavy (non-hydrogen) atoms. The Balaban J connectivity index is -0.000000114. The Morgan fingerprint density at radius 2 is 1.26 bits per heavy atom. The molecule has 0 saturated heterocycles. The molecule has 0 bridgehead atoms. The van der Waals surface area contributed by atoms with Crippen molar-refractivity contribution in [2.75, 3.05) is 13.7 Å². The van der Waals surface area contributed by atoms with Gasteiger partial charge in [0.2, 0.25) is 11.8 Å². The molecule has 0 unspecified atom stereocenters. The molecule has 5 heteroatoms. The summed E-state index contributed by atoms with van der Waals surface area (Å²) < 4.78 is 9.30. The molecule has 1 aliphatic carbocycles. The first-order chi connectivity index (χ1) is 16.0. The molecule has 1 fully saturated rings. The molecule has 0 aromatic carbocycles. The van der Waals surface area contributed by atoms with Crippen molar-refractivity contribution < 1.29 is 9.47 Å². The Labute approximate surface area is 211 Å². The van der Waals surface area contributed by atoms with E-state index in [9.17, 15) is 0 Å². The van der Waals surface area contributed by atoms with Gasteiger partial charge in [-0.3, -0.25) is 15.8 Å². The highest BCUT2D eigenvalue weighted by atomic mass is 16.5. The standard InChI is InChI=1S/C11H15N.C7H11NO.C5H9NO.3C2H6/c1-5-8(2)9(3)12-10(4)11-6-7-11;1-4-6(3)7(8)9-5-2;1-4(2)5(6)7-3;3*1-2/h5,11H,1-2,4,6-7H2,3H3;4,8H,1,3,5H2,2H3;6H,1H2,2-3H3;3*1-2H3. The predicted octanol–water partition coefficient (Wildman–Crippen LogP) is 9.12. The van der Waals surface area contributed by atoms with Crippen molar-refractivity contribution in [2.24, 2.45) is 10.9 Å². The molecule has 0 spiro atoms. The third-order valence-electron chi connectivity index (χ3n) is 3.49. The highest BCUT2D eigenvalue weighted by Gasteiger charge is 2.24. The summed E-state index contributed by atoms with van der Waals surface area (Å²) >= 11 is 0. The van der Waals surface area contributed by atoms with Gasteiger partial charge in [0.15, 0.2) is 0 Å². The average Bonchev–Trinajstić information content (AvgIpc) is 3.72. The molecule has 1 aliphatic rings. The second-order valence-corrected chi connectivity index (χ2v) is 6.00. The number of nitrogens with one attached hydrogen (secondary N) is 2. The van der Waals surface area contributed by atoms with E-state index < -0.39 is 0 Å². The van der Waals surface area contributed by atoms with Crippen LogP contribution in [0.15, 0.2) is 79.0 Å². The Bertz CT molecular complexity index is 667. The highest BCUT2D eigenvalue weighted by molar-refractivity contribution is 6.00. The number of methoxy groups -OCH3 is 1. The zero-order valence-corrected chi connectivity index (χ0v) is 23.9. The first-order valence-corrected chi connectivity index (χ1v) is 11.9. The first kappa shape index (κ1) is 41.3. The van der Waals surface area contributed by atoms with Crippen molar-refractivity contribution in [3.05, 3.63) is 74.0 Å². The zero-order valence-electron chi connectivity index (χ0n) is 23.9. The highest BCUT2D eigenvalue weighted by Crippen LogP contribution is 2.36. The van der Waals surface area contributed by atoms with Crippen molar-refractivity contribution in [3.8, 4) is 0 Å². The summed E-state index contributed by atoms with van der Waals surface area (Å²) in [6, 6.07) is 0. The number of nitrogens with zero attached hydrogens (tertiary/aromatic N) is 1. The number of hydrogen-bond acceptors (Lipinski definition) is 5. The van der Waals surface area contributed by atoms with Crippen molar-refractivity contribution >= 4 is 17.5 Å². The Morgan fingerprint density at radius 1 is 0.853 bits per heavy atom. The quantitative estimate of drug-likeness (QED) is 0.208. The lowest BCUT2D eigenvalue weighted by atomic mass is 10.2. The van der Waals surface area contributed by atoms with Crippen LogP contribution in [0.5, 0.6) is 0 Å². The van der Waals surface area contributed by atoms with Gasteiger partial charge in [-0.05, 0) is 39.2 Å². The molecule has 5 nitrogen and oxygen atoms in total. The van der Waals surface area contributed by atoms with E-state index >= 15 is 0 Å². The molecule has 196 valence electrons. The summed E-state index contributed by atoms with van der Waals surface area (Å²) in [5, 5.41) is 14.0. The molecule has 0 atom stereocenters. The van der Waals surface area contributed by atoms with E-state index in [0.29, 0.717) is 23.7 Å². The Morgan fingerprint density at radius 3 is 1.50 bits per heavy atom. The molecule has 0 heterocycles. The van der Waals surface area contributed by atoms with Crippen molar-refractivity contribution in [1.29, 1.82) is 10.8 Å². The van der Waals surface area contributed by atoms with Gasteiger partial charge in [-0.25, -0.2) is 0 Å². The van der Waals surface area contributed by atoms with Crippen molar-refractivity contribution in [3.63, 3.8) is 0 Å². The Kier molecular flexibility index (Phi) is 36.5. The van der Waals surface area contributed by atoms with E-state index in [0.717, 1.165) is 17.0 Å². The molecule has 0 aliphatic heterocycles. The monoisotopic (exact) mass is 475 g/mol. The molecule has 0 aromatic rings. The van der Waals surface area contributed by atoms with Crippen LogP contribution in [0.1, 0.15) is 75.2 Å². The predicted molar refractivity (Wildman–Crippen MR) is 157 cm³/mol. The van der Waals surface area contributed by atoms with Gasteiger partial charge in [0.05, 0.1) is 13.7 Å². The van der Waals surface area contributed by atoms with E-state index in [1.54, 1.807) is 13.0 Å². The molecule has 0 amide bonds. The van der Waals surface area contributed by atoms with Crippen LogP contribution >= 0.6 is 0 Å². The molecular weight excluding hydrogens is 422 g/mol. The SMILES string of the molecule is C=C(C)C(=N)OC.C=CC(=C)C(=N)OCC.C=CC(=C)C(C)=NC(=C)C1CC1.CC.CC.CC. The summed E-state index contributed by atoms with van der Waals surface area (Å²) in [5.74, 6) is 0.894. The van der Waals surface area contributed by atoms with Gasteiger partial charge >= 0.3 is 0 Å². The maximum atomic E-state index is 7.10. The maximum absolute atomic E-state index is 7.10. The number of aliphatic imine (C=N–C) groups is 1. The topological polar surface area (TPSA) is 78.5 Å². The van der Waals surface area contributed by atoms with Crippen LogP contribution in [0.25, 0.3) is 0 Å². The van der Waals surface area contributed by atoms with E-state index in [-0.39, 0.29) is 11.8 Å². The average molecular weight is 476 g/mol. The second-order valence-electron chi connectivity index (χ2n) is 6.00. The largest absolute Gasteiger partial charge is 0.481 e. The molecular formula is C29H53N3O2. The van der Waals surface area contributed by atoms with Crippen LogP contribution in [0.4, 0.5) is 0 Å². The first-order valence-electron chi connectivity index (χ1n) is 11.9. The molecule has 1 rings (SSSR count). The number of rotatable bonds is 8. The fraction of sp³-hybridized carbons (Fsp3) is 0.483. The summed E-state index contributed by atoms with van der Waals surface area (Å²) in [4.78, 5) is 4.36. The number of hydrogen-bond donors (Lipinski definition) is 2. The van der Waals surface area contributed by atoms with Crippen molar-refractivity contribution in [2.45, 2.75) is 75.2 Å². The van der Waals surface area contributed by atoms with Gasteiger partial charge in [-0.1, -0.05) is 93.2 Å². The van der Waals surface area contributed by atoms with E-state index in [2.05, 4.69) is 49.2 Å². The van der Waals surface area contributed by atoms with Crippen LogP contribution in [0.3, 0.4) is 0 Å². The molecule has 1 saturated carbocycles. The smallest absolute Gasteiger partial charge is 0.212 e. The summed E-state index contributed by atoms with van der Waals surface area (Å²) in [5.41, 5.74) is 3.99. The van der Waals surface area contributed by atoms with Crippen LogP contribution in [-0.4, -0.2) is 31.2 Å². The van der Waals surface area contributed by atoms with E-state index in [1.165, 1.54) is 26.0 Å². The molecule has 0 radical (unpaired) electrons. The summed E-state index contributed by atoms with van der Waals surface area (Å²) in [7, 11) is 1.46. The third-order valence-corrected chi connectivity index (χ3v) is 3.49. The van der Waals surface area contributed by atoms with Crippen LogP contribution in [-0.2, 0) is 9.47 Å². The van der Waals surface area contributed by atoms with Gasteiger partial charge in [-0.2, -0.15) is 0 Å². The lowest BCUT2D eigenvalue weighted by Gasteiger charge is -2.01. The lowest BCUT2D eigenvalue weighted by molar-refractivity contribution is 0.325. The normalized spacial score (nSPS) is 10.4. The minimum atomic E-state index is 0.104. The van der Waals surface area contributed by atoms with E-state index in [1.807, 2.05) is 55.4 Å². The minimum absolute atomic E-state index is 0.104. The minimum Gasteiger partial charge on any atom is -0.481 e. The van der Waals surface area contributed by atoms with Gasteiger partial charge < -0.3 is 9.47 Å². The summed E-state index contributed by atoms with van der Waals surface area (Å²) in [6.07, 6.45) is 5.71. The van der Waals surface area contributed by atoms with Crippen molar-refractivity contribution in [1.82, 2.24) is 0 Å². The van der Waals surface area contributed by atoms with Gasteiger partial charge in [0.1, 0.15) is 0 Å². The lowest BCUT2D eigenvalue weighted by Crippen LogP contribution is -2.03. The van der Waals surface area contributed by atoms with Gasteiger partial charge in [-0.15, -0.1) is 0 Å². The van der Waals surface area contributed by atoms with Crippen LogP contribution in [0, 0.1) is 16.7 Å². The number of allylic oxidation sites excluding steroid dienone is 3. The fourth-order valence-electron chi connectivity index (χ4n) is 1.45. The molecule has 2 N–H and O–H groups in total. The van der Waals surface area contributed by atoms with Crippen LogP contribution in [0.2, 0.25) is 0 Å². The summed E-state index contributed by atoms with van der Waals surface area (Å²) in [6.45, 7) is 39.8. The van der Waals surface area contributed by atoms with Gasteiger partial charge in [0.25, 0.3) is 0 Å². The number of ether oxygens (including phenoxy) is 2.